The van der Waals surface area contributed by atoms with Crippen LogP contribution in [0.4, 0.5) is 0 Å². The van der Waals surface area contributed by atoms with E-state index in [1.165, 1.54) is 10.9 Å². The zero-order valence-electron chi connectivity index (χ0n) is 13.3. The first kappa shape index (κ1) is 15.4. The van der Waals surface area contributed by atoms with Crippen molar-refractivity contribution in [3.63, 3.8) is 0 Å². The van der Waals surface area contributed by atoms with E-state index in [2.05, 4.69) is 24.3 Å². The highest BCUT2D eigenvalue weighted by molar-refractivity contribution is 5.90. The van der Waals surface area contributed by atoms with Crippen LogP contribution in [0.25, 0.3) is 10.8 Å². The second kappa shape index (κ2) is 6.76. The SMILES string of the molecule is Cc1ccc([C@H](CN)C(=O)Cc2ccc3ccccc3c2)cc1. The van der Waals surface area contributed by atoms with Crippen LogP contribution in [-0.2, 0) is 11.2 Å². The van der Waals surface area contributed by atoms with E-state index in [1.807, 2.05) is 49.4 Å². The first-order chi connectivity index (χ1) is 11.2. The third-order valence-electron chi connectivity index (χ3n) is 4.30. The summed E-state index contributed by atoms with van der Waals surface area (Å²) in [4.78, 5) is 12.7. The van der Waals surface area contributed by atoms with Gasteiger partial charge in [-0.25, -0.2) is 0 Å². The summed E-state index contributed by atoms with van der Waals surface area (Å²) in [5.74, 6) is -0.0614. The minimum atomic E-state index is -0.234. The number of nitrogens with two attached hydrogens (primary N) is 1. The molecule has 116 valence electrons. The van der Waals surface area contributed by atoms with Crippen molar-refractivity contribution < 1.29 is 4.79 Å². The van der Waals surface area contributed by atoms with Gasteiger partial charge >= 0.3 is 0 Å². The molecular weight excluding hydrogens is 282 g/mol. The summed E-state index contributed by atoms with van der Waals surface area (Å²) in [5.41, 5.74) is 9.10. The van der Waals surface area contributed by atoms with Gasteiger partial charge in [-0.15, -0.1) is 0 Å². The highest BCUT2D eigenvalue weighted by Gasteiger charge is 2.19. The number of rotatable bonds is 5. The van der Waals surface area contributed by atoms with Gasteiger partial charge in [-0.1, -0.05) is 72.3 Å². The predicted octanol–water partition coefficient (Wildman–Crippen LogP) is 4.00. The van der Waals surface area contributed by atoms with Crippen LogP contribution in [-0.4, -0.2) is 12.3 Å². The Bertz CT molecular complexity index is 821. The van der Waals surface area contributed by atoms with Crippen molar-refractivity contribution in [2.45, 2.75) is 19.3 Å². The largest absolute Gasteiger partial charge is 0.329 e. The zero-order valence-corrected chi connectivity index (χ0v) is 13.3. The number of hydrogen-bond donors (Lipinski definition) is 1. The molecule has 23 heavy (non-hydrogen) atoms. The van der Waals surface area contributed by atoms with Gasteiger partial charge in [0.2, 0.25) is 0 Å². The van der Waals surface area contributed by atoms with Gasteiger partial charge in [0.25, 0.3) is 0 Å². The van der Waals surface area contributed by atoms with E-state index < -0.39 is 0 Å². The molecule has 0 amide bonds. The highest BCUT2D eigenvalue weighted by Crippen LogP contribution is 2.21. The van der Waals surface area contributed by atoms with Crippen molar-refractivity contribution in [2.75, 3.05) is 6.54 Å². The topological polar surface area (TPSA) is 43.1 Å². The lowest BCUT2D eigenvalue weighted by Crippen LogP contribution is -2.23. The van der Waals surface area contributed by atoms with Crippen molar-refractivity contribution in [1.29, 1.82) is 0 Å². The van der Waals surface area contributed by atoms with Crippen molar-refractivity contribution in [3.8, 4) is 0 Å². The summed E-state index contributed by atoms with van der Waals surface area (Å²) < 4.78 is 0. The Balaban J connectivity index is 1.81. The van der Waals surface area contributed by atoms with E-state index >= 15 is 0 Å². The van der Waals surface area contributed by atoms with Crippen LogP contribution >= 0.6 is 0 Å². The number of aryl methyl sites for hydroxylation is 1. The summed E-state index contributed by atoms with van der Waals surface area (Å²) in [6.45, 7) is 2.38. The average Bonchev–Trinajstić information content (AvgIpc) is 2.57. The number of hydrogen-bond acceptors (Lipinski definition) is 2. The molecule has 3 aromatic carbocycles. The zero-order chi connectivity index (χ0) is 16.2. The molecule has 0 aromatic heterocycles. The van der Waals surface area contributed by atoms with Crippen LogP contribution in [0.5, 0.6) is 0 Å². The molecule has 0 bridgehead atoms. The molecule has 0 fully saturated rings. The van der Waals surface area contributed by atoms with E-state index in [0.717, 1.165) is 16.5 Å². The fourth-order valence-corrected chi connectivity index (χ4v) is 2.93. The summed E-state index contributed by atoms with van der Waals surface area (Å²) in [6.07, 6.45) is 0.417. The van der Waals surface area contributed by atoms with Gasteiger partial charge in [0, 0.05) is 13.0 Å². The molecule has 2 nitrogen and oxygen atoms in total. The van der Waals surface area contributed by atoms with Crippen LogP contribution in [0.3, 0.4) is 0 Å². The van der Waals surface area contributed by atoms with Crippen molar-refractivity contribution in [3.05, 3.63) is 83.4 Å². The maximum Gasteiger partial charge on any atom is 0.145 e. The molecule has 0 aliphatic carbocycles. The molecule has 0 aliphatic rings. The molecule has 0 radical (unpaired) electrons. The smallest absolute Gasteiger partial charge is 0.145 e. The van der Waals surface area contributed by atoms with E-state index in [4.69, 9.17) is 5.73 Å². The molecule has 0 saturated carbocycles. The first-order valence-electron chi connectivity index (χ1n) is 7.94. The Morgan fingerprint density at radius 2 is 1.65 bits per heavy atom. The Kier molecular flexibility index (Phi) is 4.54. The molecule has 0 spiro atoms. The van der Waals surface area contributed by atoms with Crippen LogP contribution < -0.4 is 5.73 Å². The van der Waals surface area contributed by atoms with Crippen LogP contribution in [0, 0.1) is 6.92 Å². The lowest BCUT2D eigenvalue weighted by molar-refractivity contribution is -0.119. The average molecular weight is 303 g/mol. The molecule has 0 heterocycles. The number of carbonyl (C=O) groups is 1. The number of benzene rings is 3. The lowest BCUT2D eigenvalue weighted by atomic mass is 9.90. The van der Waals surface area contributed by atoms with Crippen LogP contribution in [0.15, 0.2) is 66.7 Å². The molecular formula is C21H21NO. The number of ketones is 1. The Labute approximate surface area is 136 Å². The molecule has 3 aromatic rings. The minimum Gasteiger partial charge on any atom is -0.329 e. The highest BCUT2D eigenvalue weighted by atomic mass is 16.1. The summed E-state index contributed by atoms with van der Waals surface area (Å²) in [5, 5.41) is 2.36. The molecule has 2 heteroatoms. The first-order valence-corrected chi connectivity index (χ1v) is 7.94. The van der Waals surface area contributed by atoms with E-state index in [1.54, 1.807) is 0 Å². The maximum atomic E-state index is 12.7. The van der Waals surface area contributed by atoms with Gasteiger partial charge in [0.05, 0.1) is 5.92 Å². The fraction of sp³-hybridized carbons (Fsp3) is 0.190. The van der Waals surface area contributed by atoms with Gasteiger partial charge in [-0.2, -0.15) is 0 Å². The molecule has 2 N–H and O–H groups in total. The Hall–Kier alpha value is -2.45. The van der Waals surface area contributed by atoms with E-state index in [-0.39, 0.29) is 11.7 Å². The molecule has 0 saturated heterocycles. The van der Waals surface area contributed by atoms with Crippen molar-refractivity contribution >= 4 is 16.6 Å². The number of carbonyl (C=O) groups excluding carboxylic acids is 1. The quantitative estimate of drug-likeness (QED) is 0.774. The monoisotopic (exact) mass is 303 g/mol. The van der Waals surface area contributed by atoms with E-state index in [9.17, 15) is 4.79 Å². The van der Waals surface area contributed by atoms with E-state index in [0.29, 0.717) is 13.0 Å². The summed E-state index contributed by atoms with van der Waals surface area (Å²) in [6, 6.07) is 22.5. The van der Waals surface area contributed by atoms with Gasteiger partial charge in [-0.3, -0.25) is 4.79 Å². The van der Waals surface area contributed by atoms with Gasteiger partial charge in [0.1, 0.15) is 5.78 Å². The third kappa shape index (κ3) is 3.49. The Morgan fingerprint density at radius 3 is 2.35 bits per heavy atom. The fourth-order valence-electron chi connectivity index (χ4n) is 2.93. The molecule has 0 unspecified atom stereocenters. The standard InChI is InChI=1S/C21H21NO/c1-15-6-9-18(10-7-15)20(14-22)21(23)13-16-8-11-17-4-2-3-5-19(17)12-16/h2-12,20H,13-14,22H2,1H3/t20-/m0/s1. The van der Waals surface area contributed by atoms with Gasteiger partial charge in [-0.05, 0) is 28.8 Å². The second-order valence-corrected chi connectivity index (χ2v) is 6.02. The second-order valence-electron chi connectivity index (χ2n) is 6.02. The molecule has 3 rings (SSSR count). The van der Waals surface area contributed by atoms with Crippen LogP contribution in [0.1, 0.15) is 22.6 Å². The lowest BCUT2D eigenvalue weighted by Gasteiger charge is -2.15. The molecule has 0 aliphatic heterocycles. The molecule has 1 atom stereocenters. The predicted molar refractivity (Wildman–Crippen MR) is 95.6 cm³/mol. The third-order valence-corrected chi connectivity index (χ3v) is 4.30. The Morgan fingerprint density at radius 1 is 0.957 bits per heavy atom. The summed E-state index contributed by atoms with van der Waals surface area (Å²) in [7, 11) is 0. The van der Waals surface area contributed by atoms with Crippen LogP contribution in [0.2, 0.25) is 0 Å². The van der Waals surface area contributed by atoms with Crippen molar-refractivity contribution in [2.24, 2.45) is 5.73 Å². The maximum absolute atomic E-state index is 12.7. The van der Waals surface area contributed by atoms with Gasteiger partial charge < -0.3 is 5.73 Å². The number of fused-ring (bicyclic) bond motifs is 1. The minimum absolute atomic E-state index is 0.173. The normalized spacial score (nSPS) is 12.3. The van der Waals surface area contributed by atoms with Gasteiger partial charge in [0.15, 0.2) is 0 Å². The van der Waals surface area contributed by atoms with Crippen molar-refractivity contribution in [1.82, 2.24) is 0 Å². The number of Topliss-reactive ketones (excluding diaryl/α,β-unsaturated/α-hetero) is 1. The summed E-state index contributed by atoms with van der Waals surface area (Å²) >= 11 is 0.